The molecule has 0 bridgehead atoms. The Morgan fingerprint density at radius 2 is 1.71 bits per heavy atom. The summed E-state index contributed by atoms with van der Waals surface area (Å²) < 4.78 is 5.50. The van der Waals surface area contributed by atoms with Gasteiger partial charge >= 0.3 is 0 Å². The quantitative estimate of drug-likeness (QED) is 0.621. The maximum atomic E-state index is 12.0. The molecule has 0 N–H and O–H groups in total. The van der Waals surface area contributed by atoms with Gasteiger partial charge in [-0.3, -0.25) is 4.79 Å². The summed E-state index contributed by atoms with van der Waals surface area (Å²) in [5, 5.41) is 0. The van der Waals surface area contributed by atoms with E-state index >= 15 is 0 Å². The Morgan fingerprint density at radius 3 is 2.33 bits per heavy atom. The van der Waals surface area contributed by atoms with E-state index in [0.29, 0.717) is 0 Å². The van der Waals surface area contributed by atoms with Crippen molar-refractivity contribution in [3.8, 4) is 22.5 Å². The summed E-state index contributed by atoms with van der Waals surface area (Å²) in [6, 6.07) is 17.9. The minimum Gasteiger partial charge on any atom is -0.464 e. The Bertz CT molecular complexity index is 769. The van der Waals surface area contributed by atoms with Crippen LogP contribution in [0.15, 0.2) is 65.3 Å². The lowest BCUT2D eigenvalue weighted by Gasteiger charge is -2.12. The minimum absolute atomic E-state index is 0.0542. The maximum Gasteiger partial charge on any atom is 0.160 e. The predicted molar refractivity (Wildman–Crippen MR) is 84.3 cm³/mol. The summed E-state index contributed by atoms with van der Waals surface area (Å²) in [7, 11) is 0. The molecule has 104 valence electrons. The summed E-state index contributed by atoms with van der Waals surface area (Å²) in [6.45, 7) is 3.56. The van der Waals surface area contributed by atoms with Crippen molar-refractivity contribution in [3.05, 3.63) is 72.0 Å². The molecule has 3 aromatic rings. The van der Waals surface area contributed by atoms with Crippen molar-refractivity contribution in [1.82, 2.24) is 0 Å². The third kappa shape index (κ3) is 2.52. The van der Waals surface area contributed by atoms with Crippen LogP contribution in [0, 0.1) is 6.92 Å². The second-order valence-electron chi connectivity index (χ2n) is 5.12. The van der Waals surface area contributed by atoms with Crippen molar-refractivity contribution >= 4 is 5.78 Å². The van der Waals surface area contributed by atoms with Crippen LogP contribution in [0.25, 0.3) is 22.5 Å². The lowest BCUT2D eigenvalue weighted by Crippen LogP contribution is -2.00. The summed E-state index contributed by atoms with van der Waals surface area (Å²) in [6.07, 6.45) is 1.63. The number of furan rings is 1. The van der Waals surface area contributed by atoms with Gasteiger partial charge in [0.05, 0.1) is 6.26 Å². The van der Waals surface area contributed by atoms with Gasteiger partial charge in [-0.15, -0.1) is 0 Å². The Balaban J connectivity index is 2.25. The molecule has 0 aliphatic heterocycles. The molecular formula is C19H16O2. The van der Waals surface area contributed by atoms with E-state index in [1.807, 2.05) is 43.3 Å². The SMILES string of the molecule is CC(=O)c1c(C)cc(-c2ccccc2)cc1-c1ccco1. The Morgan fingerprint density at radius 1 is 0.952 bits per heavy atom. The number of hydrogen-bond donors (Lipinski definition) is 0. The number of Topliss-reactive ketones (excluding diaryl/α,β-unsaturated/α-hetero) is 1. The monoisotopic (exact) mass is 276 g/mol. The molecule has 0 saturated carbocycles. The summed E-state index contributed by atoms with van der Waals surface area (Å²) >= 11 is 0. The molecule has 2 heteroatoms. The van der Waals surface area contributed by atoms with E-state index in [2.05, 4.69) is 18.2 Å². The van der Waals surface area contributed by atoms with Crippen molar-refractivity contribution in [2.24, 2.45) is 0 Å². The molecule has 0 unspecified atom stereocenters. The molecule has 0 aliphatic carbocycles. The van der Waals surface area contributed by atoms with Gasteiger partial charge in [-0.1, -0.05) is 36.4 Å². The zero-order valence-electron chi connectivity index (χ0n) is 12.1. The lowest BCUT2D eigenvalue weighted by atomic mass is 9.92. The Kier molecular flexibility index (Phi) is 3.44. The number of aryl methyl sites for hydroxylation is 1. The molecule has 2 nitrogen and oxygen atoms in total. The van der Waals surface area contributed by atoms with Crippen molar-refractivity contribution in [2.45, 2.75) is 13.8 Å². The second kappa shape index (κ2) is 5.41. The molecule has 0 saturated heterocycles. The molecule has 0 atom stereocenters. The predicted octanol–water partition coefficient (Wildman–Crippen LogP) is 5.12. The highest BCUT2D eigenvalue weighted by molar-refractivity contribution is 6.02. The molecular weight excluding hydrogens is 260 g/mol. The van der Waals surface area contributed by atoms with E-state index < -0.39 is 0 Å². The van der Waals surface area contributed by atoms with Crippen LogP contribution in [0.5, 0.6) is 0 Å². The van der Waals surface area contributed by atoms with Gasteiger partial charge in [0.1, 0.15) is 5.76 Å². The highest BCUT2D eigenvalue weighted by Crippen LogP contribution is 2.32. The van der Waals surface area contributed by atoms with E-state index in [-0.39, 0.29) is 5.78 Å². The average Bonchev–Trinajstić information content (AvgIpc) is 3.01. The summed E-state index contributed by atoms with van der Waals surface area (Å²) in [5.74, 6) is 0.777. The molecule has 1 heterocycles. The third-order valence-electron chi connectivity index (χ3n) is 3.58. The van der Waals surface area contributed by atoms with Crippen LogP contribution in [0.3, 0.4) is 0 Å². The van der Waals surface area contributed by atoms with Crippen LogP contribution in [0.2, 0.25) is 0 Å². The van der Waals surface area contributed by atoms with Gasteiger partial charge in [0.25, 0.3) is 0 Å². The van der Waals surface area contributed by atoms with Gasteiger partial charge in [0.15, 0.2) is 5.78 Å². The first-order valence-corrected chi connectivity index (χ1v) is 6.91. The number of carbonyl (C=O) groups is 1. The molecule has 0 radical (unpaired) electrons. The smallest absolute Gasteiger partial charge is 0.160 e. The van der Waals surface area contributed by atoms with E-state index in [1.54, 1.807) is 13.2 Å². The number of carbonyl (C=O) groups excluding carboxylic acids is 1. The fraction of sp³-hybridized carbons (Fsp3) is 0.105. The van der Waals surface area contributed by atoms with Crippen LogP contribution < -0.4 is 0 Å². The average molecular weight is 276 g/mol. The lowest BCUT2D eigenvalue weighted by molar-refractivity contribution is 0.101. The van der Waals surface area contributed by atoms with Crippen molar-refractivity contribution in [1.29, 1.82) is 0 Å². The van der Waals surface area contributed by atoms with Crippen molar-refractivity contribution in [3.63, 3.8) is 0 Å². The zero-order valence-corrected chi connectivity index (χ0v) is 12.1. The first-order chi connectivity index (χ1) is 10.2. The van der Waals surface area contributed by atoms with Crippen LogP contribution in [-0.4, -0.2) is 5.78 Å². The molecule has 0 fully saturated rings. The standard InChI is InChI=1S/C19H16O2/c1-13-11-16(15-7-4-3-5-8-15)12-17(19(13)14(2)20)18-9-6-10-21-18/h3-12H,1-2H3. The highest BCUT2D eigenvalue weighted by Gasteiger charge is 2.16. The van der Waals surface area contributed by atoms with Gasteiger partial charge in [-0.05, 0) is 48.7 Å². The van der Waals surface area contributed by atoms with Crippen LogP contribution in [0.1, 0.15) is 22.8 Å². The number of ketones is 1. The maximum absolute atomic E-state index is 12.0. The second-order valence-corrected chi connectivity index (χ2v) is 5.12. The van der Waals surface area contributed by atoms with E-state index in [0.717, 1.165) is 33.6 Å². The third-order valence-corrected chi connectivity index (χ3v) is 3.58. The minimum atomic E-state index is 0.0542. The molecule has 0 aliphatic rings. The van der Waals surface area contributed by atoms with E-state index in [9.17, 15) is 4.79 Å². The largest absolute Gasteiger partial charge is 0.464 e. The van der Waals surface area contributed by atoms with Gasteiger partial charge in [0.2, 0.25) is 0 Å². The fourth-order valence-corrected chi connectivity index (χ4v) is 2.68. The van der Waals surface area contributed by atoms with Crippen LogP contribution >= 0.6 is 0 Å². The number of benzene rings is 2. The molecule has 2 aromatic carbocycles. The van der Waals surface area contributed by atoms with Crippen LogP contribution in [0.4, 0.5) is 0 Å². The topological polar surface area (TPSA) is 30.2 Å². The number of rotatable bonds is 3. The van der Waals surface area contributed by atoms with Crippen molar-refractivity contribution in [2.75, 3.05) is 0 Å². The summed E-state index contributed by atoms with van der Waals surface area (Å²) in [5.41, 5.74) is 4.76. The molecule has 21 heavy (non-hydrogen) atoms. The van der Waals surface area contributed by atoms with Crippen LogP contribution in [-0.2, 0) is 0 Å². The van der Waals surface area contributed by atoms with Crippen molar-refractivity contribution < 1.29 is 9.21 Å². The van der Waals surface area contributed by atoms with E-state index in [1.165, 1.54) is 0 Å². The Hall–Kier alpha value is -2.61. The molecule has 0 spiro atoms. The molecule has 1 aromatic heterocycles. The first kappa shape index (κ1) is 13.4. The van der Waals surface area contributed by atoms with Gasteiger partial charge in [-0.25, -0.2) is 0 Å². The van der Waals surface area contributed by atoms with Gasteiger partial charge in [-0.2, -0.15) is 0 Å². The fourth-order valence-electron chi connectivity index (χ4n) is 2.68. The summed E-state index contributed by atoms with van der Waals surface area (Å²) in [4.78, 5) is 12.0. The van der Waals surface area contributed by atoms with E-state index in [4.69, 9.17) is 4.42 Å². The molecule has 0 amide bonds. The molecule has 3 rings (SSSR count). The highest BCUT2D eigenvalue weighted by atomic mass is 16.3. The first-order valence-electron chi connectivity index (χ1n) is 6.91. The normalized spacial score (nSPS) is 10.6. The zero-order chi connectivity index (χ0) is 14.8. The Labute approximate surface area is 124 Å². The number of hydrogen-bond acceptors (Lipinski definition) is 2. The van der Waals surface area contributed by atoms with Gasteiger partial charge < -0.3 is 4.42 Å². The van der Waals surface area contributed by atoms with Gasteiger partial charge in [0, 0.05) is 11.1 Å².